The Hall–Kier alpha value is -2.79. The molecule has 0 saturated heterocycles. The van der Waals surface area contributed by atoms with E-state index in [4.69, 9.17) is 17.3 Å². The Morgan fingerprint density at radius 1 is 1.16 bits per heavy atom. The number of H-pyrrole nitrogens is 1. The van der Waals surface area contributed by atoms with Crippen molar-refractivity contribution in [1.29, 1.82) is 0 Å². The zero-order valence-corrected chi connectivity index (χ0v) is 14.9. The molecule has 0 aliphatic carbocycles. The summed E-state index contributed by atoms with van der Waals surface area (Å²) >= 11 is 6.05. The van der Waals surface area contributed by atoms with Gasteiger partial charge in [0.25, 0.3) is 5.91 Å². The quantitative estimate of drug-likeness (QED) is 0.463. The van der Waals surface area contributed by atoms with Gasteiger partial charge in [0.15, 0.2) is 5.69 Å². The summed E-state index contributed by atoms with van der Waals surface area (Å²) in [6, 6.07) is 8.76. The van der Waals surface area contributed by atoms with E-state index >= 15 is 0 Å². The van der Waals surface area contributed by atoms with Crippen molar-refractivity contribution in [1.82, 2.24) is 9.97 Å². The molecule has 0 saturated carbocycles. The predicted octanol–water partition coefficient (Wildman–Crippen LogP) is 4.66. The van der Waals surface area contributed by atoms with Crippen molar-refractivity contribution < 1.29 is 9.90 Å². The highest BCUT2D eigenvalue weighted by molar-refractivity contribution is 6.32. The van der Waals surface area contributed by atoms with E-state index in [1.807, 2.05) is 32.9 Å². The topological polar surface area (TPSA) is 92.0 Å². The predicted molar refractivity (Wildman–Crippen MR) is 102 cm³/mol. The summed E-state index contributed by atoms with van der Waals surface area (Å²) in [5, 5.41) is 13.2. The summed E-state index contributed by atoms with van der Waals surface area (Å²) in [6.45, 7) is 5.95. The zero-order chi connectivity index (χ0) is 18.3. The van der Waals surface area contributed by atoms with Crippen LogP contribution in [0.4, 0.5) is 0 Å². The second-order valence-electron chi connectivity index (χ2n) is 5.51. The minimum absolute atomic E-state index is 0.110. The number of nitrogens with one attached hydrogen (secondary N) is 1. The number of carbonyl (C=O) groups is 1. The molecule has 4 aromatic rings. The van der Waals surface area contributed by atoms with Crippen LogP contribution in [0.25, 0.3) is 32.7 Å². The molecule has 2 aromatic heterocycles. The lowest BCUT2D eigenvalue weighted by atomic mass is 10.0. The number of aryl methyl sites for hydroxylation is 1. The number of fused-ring (bicyclic) bond motifs is 5. The van der Waals surface area contributed by atoms with Gasteiger partial charge in [-0.15, -0.1) is 0 Å². The van der Waals surface area contributed by atoms with Gasteiger partial charge in [-0.05, 0) is 30.7 Å². The third-order valence-electron chi connectivity index (χ3n) is 4.07. The first-order valence-corrected chi connectivity index (χ1v) is 8.38. The van der Waals surface area contributed by atoms with Gasteiger partial charge < -0.3 is 15.8 Å². The molecule has 0 aliphatic rings. The molecule has 0 fully saturated rings. The van der Waals surface area contributed by atoms with Gasteiger partial charge >= 0.3 is 0 Å². The molecule has 0 bridgehead atoms. The molecule has 2 heterocycles. The average molecular weight is 356 g/mol. The largest absolute Gasteiger partial charge is 0.506 e. The number of halogens is 1. The fourth-order valence-electron chi connectivity index (χ4n) is 3.07. The Bertz CT molecular complexity index is 1130. The van der Waals surface area contributed by atoms with E-state index < -0.39 is 5.91 Å². The Balaban J connectivity index is 0.000000880. The Kier molecular flexibility index (Phi) is 4.27. The van der Waals surface area contributed by atoms with Crippen molar-refractivity contribution in [2.75, 3.05) is 0 Å². The van der Waals surface area contributed by atoms with Gasteiger partial charge in [0, 0.05) is 21.2 Å². The molecule has 0 unspecified atom stereocenters. The van der Waals surface area contributed by atoms with Crippen LogP contribution in [0.15, 0.2) is 30.3 Å². The number of primary amides is 1. The van der Waals surface area contributed by atoms with Gasteiger partial charge in [-0.1, -0.05) is 37.6 Å². The molecule has 2 aromatic carbocycles. The van der Waals surface area contributed by atoms with E-state index in [0.717, 1.165) is 21.7 Å². The van der Waals surface area contributed by atoms with Crippen molar-refractivity contribution >= 4 is 50.2 Å². The number of hydrogen-bond donors (Lipinski definition) is 3. The van der Waals surface area contributed by atoms with E-state index in [9.17, 15) is 9.90 Å². The molecule has 5 nitrogen and oxygen atoms in total. The smallest absolute Gasteiger partial charge is 0.269 e. The maximum absolute atomic E-state index is 11.8. The van der Waals surface area contributed by atoms with Gasteiger partial charge in [-0.25, -0.2) is 4.98 Å². The Morgan fingerprint density at radius 3 is 2.56 bits per heavy atom. The summed E-state index contributed by atoms with van der Waals surface area (Å²) < 4.78 is 0. The lowest BCUT2D eigenvalue weighted by Gasteiger charge is -2.05. The molecular formula is C19H18ClN3O2. The summed E-state index contributed by atoms with van der Waals surface area (Å²) in [7, 11) is 0. The number of aromatic nitrogens is 2. The van der Waals surface area contributed by atoms with Crippen LogP contribution in [0.1, 0.15) is 29.9 Å². The van der Waals surface area contributed by atoms with Crippen LogP contribution < -0.4 is 5.73 Å². The van der Waals surface area contributed by atoms with Crippen LogP contribution in [-0.2, 0) is 0 Å². The van der Waals surface area contributed by atoms with E-state index in [2.05, 4.69) is 9.97 Å². The van der Waals surface area contributed by atoms with Crippen LogP contribution in [0.2, 0.25) is 5.02 Å². The first-order valence-electron chi connectivity index (χ1n) is 8.00. The molecule has 0 spiro atoms. The zero-order valence-electron chi connectivity index (χ0n) is 14.1. The lowest BCUT2D eigenvalue weighted by molar-refractivity contribution is 0.0997. The maximum atomic E-state index is 11.8. The number of nitrogens with two attached hydrogens (primary N) is 1. The number of aromatic hydroxyl groups is 1. The van der Waals surface area contributed by atoms with Crippen LogP contribution in [0.3, 0.4) is 0 Å². The van der Waals surface area contributed by atoms with Crippen LogP contribution in [0.5, 0.6) is 5.75 Å². The molecule has 4 N–H and O–H groups in total. The number of pyridine rings is 1. The second-order valence-corrected chi connectivity index (χ2v) is 5.95. The second kappa shape index (κ2) is 6.26. The number of hydrogen-bond acceptors (Lipinski definition) is 3. The van der Waals surface area contributed by atoms with Crippen molar-refractivity contribution in [2.45, 2.75) is 20.8 Å². The van der Waals surface area contributed by atoms with E-state index in [0.29, 0.717) is 21.6 Å². The summed E-state index contributed by atoms with van der Waals surface area (Å²) in [5.74, 6) is -0.528. The Labute approximate surface area is 149 Å². The summed E-state index contributed by atoms with van der Waals surface area (Å²) in [5.41, 5.74) is 8.26. The lowest BCUT2D eigenvalue weighted by Crippen LogP contribution is -2.13. The van der Waals surface area contributed by atoms with Gasteiger partial charge in [-0.3, -0.25) is 4.79 Å². The number of benzene rings is 2. The number of rotatable bonds is 1. The molecule has 0 aliphatic heterocycles. The minimum atomic E-state index is -0.638. The van der Waals surface area contributed by atoms with Crippen molar-refractivity contribution in [3.63, 3.8) is 0 Å². The van der Waals surface area contributed by atoms with Crippen molar-refractivity contribution in [2.24, 2.45) is 5.73 Å². The normalized spacial score (nSPS) is 10.9. The number of carbonyl (C=O) groups excluding carboxylic acids is 1. The first-order chi connectivity index (χ1) is 12.0. The maximum Gasteiger partial charge on any atom is 0.269 e. The monoisotopic (exact) mass is 355 g/mol. The van der Waals surface area contributed by atoms with Crippen molar-refractivity contribution in [3.05, 3.63) is 46.6 Å². The number of phenolic OH excluding ortho intramolecular Hbond substituents is 1. The van der Waals surface area contributed by atoms with Gasteiger partial charge in [0.2, 0.25) is 0 Å². The summed E-state index contributed by atoms with van der Waals surface area (Å²) in [4.78, 5) is 19.3. The average Bonchev–Trinajstić information content (AvgIpc) is 3.00. The Morgan fingerprint density at radius 2 is 1.88 bits per heavy atom. The number of aromatic amines is 1. The third-order valence-corrected chi connectivity index (χ3v) is 4.31. The highest BCUT2D eigenvalue weighted by Gasteiger charge is 2.19. The molecule has 0 radical (unpaired) electrons. The van der Waals surface area contributed by atoms with Crippen LogP contribution in [0, 0.1) is 6.92 Å². The molecule has 6 heteroatoms. The van der Waals surface area contributed by atoms with Gasteiger partial charge in [-0.2, -0.15) is 0 Å². The van der Waals surface area contributed by atoms with Crippen LogP contribution >= 0.6 is 11.6 Å². The highest BCUT2D eigenvalue weighted by atomic mass is 35.5. The molecule has 4 rings (SSSR count). The molecular weight excluding hydrogens is 338 g/mol. The number of phenols is 1. The fraction of sp³-hybridized carbons (Fsp3) is 0.158. The molecule has 0 atom stereocenters. The van der Waals surface area contributed by atoms with Gasteiger partial charge in [0.05, 0.1) is 16.6 Å². The number of nitrogens with zero attached hydrogens (tertiary/aromatic N) is 1. The third kappa shape index (κ3) is 2.57. The summed E-state index contributed by atoms with van der Waals surface area (Å²) in [6.07, 6.45) is 0. The van der Waals surface area contributed by atoms with E-state index in [1.54, 1.807) is 18.2 Å². The molecule has 1 amide bonds. The fourth-order valence-corrected chi connectivity index (χ4v) is 3.23. The molecule has 128 valence electrons. The standard InChI is InChI=1S/C17H12ClN3O2.C2H6/c1-7-2-5-11(22)14-12(7)13-9-4-3-8(18)6-10(9)20-16(17(19)23)15(13)21-14;1-2/h2-6,21-22H,1H3,(H2,19,23);1-2H3. The van der Waals surface area contributed by atoms with E-state index in [1.165, 1.54) is 0 Å². The van der Waals surface area contributed by atoms with E-state index in [-0.39, 0.29) is 11.4 Å². The minimum Gasteiger partial charge on any atom is -0.506 e. The first kappa shape index (κ1) is 17.0. The van der Waals surface area contributed by atoms with Crippen molar-refractivity contribution in [3.8, 4) is 5.75 Å². The SMILES string of the molecule is CC.Cc1ccc(O)c2[nH]c3c(C(N)=O)nc4cc(Cl)ccc4c3c12. The van der Waals surface area contributed by atoms with Crippen LogP contribution in [-0.4, -0.2) is 21.0 Å². The highest BCUT2D eigenvalue weighted by Crippen LogP contribution is 2.38. The number of amides is 1. The van der Waals surface area contributed by atoms with Gasteiger partial charge in [0.1, 0.15) is 5.75 Å². The molecule has 25 heavy (non-hydrogen) atoms.